The van der Waals surface area contributed by atoms with E-state index in [2.05, 4.69) is 20.7 Å². The number of nitrogens with zero attached hydrogens (tertiary/aromatic N) is 3. The van der Waals surface area contributed by atoms with Gasteiger partial charge in [0.2, 0.25) is 5.91 Å². The van der Waals surface area contributed by atoms with Crippen molar-refractivity contribution in [3.63, 3.8) is 0 Å². The summed E-state index contributed by atoms with van der Waals surface area (Å²) in [7, 11) is 0. The van der Waals surface area contributed by atoms with Crippen LogP contribution >= 0.6 is 23.2 Å². The number of halogens is 2. The summed E-state index contributed by atoms with van der Waals surface area (Å²) >= 11 is 12.4. The molecule has 0 saturated carbocycles. The van der Waals surface area contributed by atoms with Crippen molar-refractivity contribution in [1.82, 2.24) is 20.1 Å². The quantitative estimate of drug-likeness (QED) is 0.617. The lowest BCUT2D eigenvalue weighted by atomic mass is 10.0. The van der Waals surface area contributed by atoms with E-state index in [1.165, 1.54) is 17.3 Å². The predicted molar refractivity (Wildman–Crippen MR) is 113 cm³/mol. The van der Waals surface area contributed by atoms with Crippen molar-refractivity contribution >= 4 is 40.7 Å². The molecule has 150 valence electrons. The highest BCUT2D eigenvalue weighted by Gasteiger charge is 2.26. The number of carbonyl (C=O) groups is 2. The van der Waals surface area contributed by atoms with E-state index in [0.717, 1.165) is 0 Å². The highest BCUT2D eigenvalue weighted by Crippen LogP contribution is 2.28. The first-order chi connectivity index (χ1) is 13.9. The standard InChI is InChI=1S/C20H19Cl2N5O2/c1-12(2)17(26-19(28)13-6-3-4-7-14(13)21)20(29)25-16-9-5-8-15(22)18(16)27-11-23-10-24-27/h3-12,17H,1-2H3,(H,25,29)(H,26,28). The molecule has 1 heterocycles. The molecule has 0 spiro atoms. The Labute approximate surface area is 178 Å². The second-order valence-electron chi connectivity index (χ2n) is 6.64. The summed E-state index contributed by atoms with van der Waals surface area (Å²) < 4.78 is 1.46. The first-order valence-corrected chi connectivity index (χ1v) is 9.64. The van der Waals surface area contributed by atoms with Crippen LogP contribution in [-0.4, -0.2) is 32.6 Å². The Hall–Kier alpha value is -2.90. The Morgan fingerprint density at radius 3 is 2.41 bits per heavy atom. The van der Waals surface area contributed by atoms with Gasteiger partial charge >= 0.3 is 0 Å². The van der Waals surface area contributed by atoms with Gasteiger partial charge in [-0.25, -0.2) is 9.67 Å². The van der Waals surface area contributed by atoms with E-state index in [-0.39, 0.29) is 11.8 Å². The number of hydrogen-bond acceptors (Lipinski definition) is 4. The molecule has 7 nitrogen and oxygen atoms in total. The fourth-order valence-electron chi connectivity index (χ4n) is 2.78. The molecule has 29 heavy (non-hydrogen) atoms. The normalized spacial score (nSPS) is 11.9. The number of amides is 2. The average molecular weight is 432 g/mol. The van der Waals surface area contributed by atoms with E-state index in [1.54, 1.807) is 42.5 Å². The summed E-state index contributed by atoms with van der Waals surface area (Å²) in [5.41, 5.74) is 1.24. The fraction of sp³-hybridized carbons (Fsp3) is 0.200. The molecule has 3 rings (SSSR count). The average Bonchev–Trinajstić information content (AvgIpc) is 3.20. The number of nitrogens with one attached hydrogen (secondary N) is 2. The van der Waals surface area contributed by atoms with Crippen LogP contribution in [0, 0.1) is 5.92 Å². The summed E-state index contributed by atoms with van der Waals surface area (Å²) in [6, 6.07) is 11.0. The number of carbonyl (C=O) groups excluding carboxylic acids is 2. The zero-order chi connectivity index (χ0) is 21.0. The Kier molecular flexibility index (Phi) is 6.51. The van der Waals surface area contributed by atoms with E-state index in [0.29, 0.717) is 27.0 Å². The topological polar surface area (TPSA) is 88.9 Å². The van der Waals surface area contributed by atoms with Crippen LogP contribution in [0.5, 0.6) is 0 Å². The van der Waals surface area contributed by atoms with Crippen LogP contribution in [0.1, 0.15) is 24.2 Å². The van der Waals surface area contributed by atoms with Gasteiger partial charge in [-0.3, -0.25) is 9.59 Å². The minimum atomic E-state index is -0.790. The third-order valence-corrected chi connectivity index (χ3v) is 4.88. The van der Waals surface area contributed by atoms with Crippen molar-refractivity contribution in [3.8, 4) is 5.69 Å². The molecule has 2 amide bonds. The van der Waals surface area contributed by atoms with Gasteiger partial charge in [0, 0.05) is 0 Å². The number of para-hydroxylation sites is 1. The van der Waals surface area contributed by atoms with Gasteiger partial charge in [-0.2, -0.15) is 5.10 Å². The second kappa shape index (κ2) is 9.07. The Morgan fingerprint density at radius 2 is 1.76 bits per heavy atom. The van der Waals surface area contributed by atoms with Gasteiger partial charge in [-0.05, 0) is 30.2 Å². The molecule has 0 aliphatic rings. The third-order valence-electron chi connectivity index (χ3n) is 4.25. The van der Waals surface area contributed by atoms with Gasteiger partial charge in [-0.15, -0.1) is 0 Å². The maximum absolute atomic E-state index is 13.0. The van der Waals surface area contributed by atoms with Gasteiger partial charge in [0.1, 0.15) is 24.4 Å². The van der Waals surface area contributed by atoms with Gasteiger partial charge in [0.05, 0.1) is 21.3 Å². The van der Waals surface area contributed by atoms with Crippen LogP contribution in [0.15, 0.2) is 55.1 Å². The molecule has 0 fully saturated rings. The Balaban J connectivity index is 1.84. The molecule has 9 heteroatoms. The molecule has 2 aromatic carbocycles. The summed E-state index contributed by atoms with van der Waals surface area (Å²) in [6.07, 6.45) is 2.85. The molecular formula is C20H19Cl2N5O2. The lowest BCUT2D eigenvalue weighted by Crippen LogP contribution is -2.47. The van der Waals surface area contributed by atoms with Crippen LogP contribution < -0.4 is 10.6 Å². The van der Waals surface area contributed by atoms with Gasteiger partial charge in [0.25, 0.3) is 5.91 Å². The van der Waals surface area contributed by atoms with Crippen molar-refractivity contribution in [3.05, 3.63) is 70.7 Å². The van der Waals surface area contributed by atoms with Crippen LogP contribution in [0.3, 0.4) is 0 Å². The van der Waals surface area contributed by atoms with Gasteiger partial charge in [0.15, 0.2) is 0 Å². The lowest BCUT2D eigenvalue weighted by Gasteiger charge is -2.23. The highest BCUT2D eigenvalue weighted by atomic mass is 35.5. The van der Waals surface area contributed by atoms with Crippen molar-refractivity contribution in [2.45, 2.75) is 19.9 Å². The van der Waals surface area contributed by atoms with Crippen LogP contribution in [0.25, 0.3) is 5.69 Å². The van der Waals surface area contributed by atoms with Crippen LogP contribution in [0.2, 0.25) is 10.0 Å². The van der Waals surface area contributed by atoms with Crippen molar-refractivity contribution in [2.75, 3.05) is 5.32 Å². The molecule has 0 bridgehead atoms. The smallest absolute Gasteiger partial charge is 0.253 e. The maximum Gasteiger partial charge on any atom is 0.253 e. The van der Waals surface area contributed by atoms with E-state index >= 15 is 0 Å². The van der Waals surface area contributed by atoms with Gasteiger partial charge < -0.3 is 10.6 Å². The molecule has 0 aliphatic heterocycles. The Bertz CT molecular complexity index is 1020. The molecular weight excluding hydrogens is 413 g/mol. The van der Waals surface area contributed by atoms with Gasteiger partial charge in [-0.1, -0.05) is 55.2 Å². The molecule has 0 saturated heterocycles. The Morgan fingerprint density at radius 1 is 1.03 bits per heavy atom. The largest absolute Gasteiger partial charge is 0.340 e. The molecule has 1 unspecified atom stereocenters. The highest BCUT2D eigenvalue weighted by molar-refractivity contribution is 6.34. The summed E-state index contributed by atoms with van der Waals surface area (Å²) in [4.78, 5) is 29.5. The molecule has 0 aliphatic carbocycles. The maximum atomic E-state index is 13.0. The molecule has 1 aromatic heterocycles. The second-order valence-corrected chi connectivity index (χ2v) is 7.45. The van der Waals surface area contributed by atoms with E-state index < -0.39 is 11.9 Å². The monoisotopic (exact) mass is 431 g/mol. The molecule has 1 atom stereocenters. The number of anilines is 1. The van der Waals surface area contributed by atoms with Crippen molar-refractivity contribution in [2.24, 2.45) is 5.92 Å². The molecule has 0 radical (unpaired) electrons. The zero-order valence-corrected chi connectivity index (χ0v) is 17.3. The van der Waals surface area contributed by atoms with Crippen LogP contribution in [0.4, 0.5) is 5.69 Å². The fourth-order valence-corrected chi connectivity index (χ4v) is 3.27. The lowest BCUT2D eigenvalue weighted by molar-refractivity contribution is -0.118. The minimum Gasteiger partial charge on any atom is -0.340 e. The third kappa shape index (κ3) is 4.75. The summed E-state index contributed by atoms with van der Waals surface area (Å²) in [5, 5.41) is 10.4. The molecule has 2 N–H and O–H groups in total. The van der Waals surface area contributed by atoms with E-state index in [9.17, 15) is 9.59 Å². The SMILES string of the molecule is CC(C)C(NC(=O)c1ccccc1Cl)C(=O)Nc1cccc(Cl)c1-n1cncn1. The number of rotatable bonds is 6. The first-order valence-electron chi connectivity index (χ1n) is 8.88. The van der Waals surface area contributed by atoms with Crippen molar-refractivity contribution in [1.29, 1.82) is 0 Å². The van der Waals surface area contributed by atoms with E-state index in [4.69, 9.17) is 23.2 Å². The minimum absolute atomic E-state index is 0.171. The summed E-state index contributed by atoms with van der Waals surface area (Å²) in [6.45, 7) is 3.68. The first kappa shape index (κ1) is 20.8. The number of benzene rings is 2. The number of hydrogen-bond donors (Lipinski definition) is 2. The summed E-state index contributed by atoms with van der Waals surface area (Å²) in [5.74, 6) is -0.980. The molecule has 3 aromatic rings. The predicted octanol–water partition coefficient (Wildman–Crippen LogP) is 3.97. The van der Waals surface area contributed by atoms with Crippen molar-refractivity contribution < 1.29 is 9.59 Å². The number of aromatic nitrogens is 3. The zero-order valence-electron chi connectivity index (χ0n) is 15.8. The van der Waals surface area contributed by atoms with Crippen LogP contribution in [-0.2, 0) is 4.79 Å². The van der Waals surface area contributed by atoms with E-state index in [1.807, 2.05) is 13.8 Å².